The number of nitrogens with two attached hydrogens (primary N) is 1. The van der Waals surface area contributed by atoms with Crippen LogP contribution in [0.5, 0.6) is 0 Å². The first-order valence-electron chi connectivity index (χ1n) is 7.34. The van der Waals surface area contributed by atoms with E-state index >= 15 is 0 Å². The summed E-state index contributed by atoms with van der Waals surface area (Å²) in [5, 5.41) is 0.808. The van der Waals surface area contributed by atoms with Gasteiger partial charge in [0.1, 0.15) is 0 Å². The Hall–Kier alpha value is -0.180. The summed E-state index contributed by atoms with van der Waals surface area (Å²) in [5.74, 6) is 2.55. The molecule has 3 heteroatoms. The predicted molar refractivity (Wildman–Crippen MR) is 85.9 cm³/mol. The van der Waals surface area contributed by atoms with Crippen LogP contribution < -0.4 is 5.73 Å². The van der Waals surface area contributed by atoms with E-state index in [2.05, 4.69) is 13.0 Å². The van der Waals surface area contributed by atoms with Gasteiger partial charge in [0.25, 0.3) is 0 Å². The lowest BCUT2D eigenvalue weighted by Crippen LogP contribution is -2.38. The van der Waals surface area contributed by atoms with Gasteiger partial charge in [-0.3, -0.25) is 0 Å². The Balaban J connectivity index is 1.87. The van der Waals surface area contributed by atoms with Crippen molar-refractivity contribution in [2.24, 2.45) is 17.6 Å². The molecule has 2 N–H and O–H groups in total. The van der Waals surface area contributed by atoms with E-state index in [1.165, 1.54) is 37.0 Å². The highest BCUT2D eigenvalue weighted by Crippen LogP contribution is 2.35. The monoisotopic (exact) mass is 297 g/mol. The van der Waals surface area contributed by atoms with Gasteiger partial charge in [-0.1, -0.05) is 50.3 Å². The molecule has 19 heavy (non-hydrogen) atoms. The summed E-state index contributed by atoms with van der Waals surface area (Å²) in [7, 11) is 0. The normalized spacial score (nSPS) is 25.2. The molecule has 0 spiro atoms. The molecule has 0 radical (unpaired) electrons. The minimum absolute atomic E-state index is 0.314. The first kappa shape index (κ1) is 15.2. The lowest BCUT2D eigenvalue weighted by molar-refractivity contribution is 0.205. The van der Waals surface area contributed by atoms with Crippen molar-refractivity contribution >= 4 is 23.4 Å². The fraction of sp³-hybridized carbons (Fsp3) is 0.625. The Kier molecular flexibility index (Phi) is 6.06. The van der Waals surface area contributed by atoms with Crippen molar-refractivity contribution in [1.29, 1.82) is 0 Å². The van der Waals surface area contributed by atoms with E-state index in [1.807, 2.05) is 30.0 Å². The summed E-state index contributed by atoms with van der Waals surface area (Å²) < 4.78 is 0. The van der Waals surface area contributed by atoms with Gasteiger partial charge in [-0.2, -0.15) is 0 Å². The predicted octanol–water partition coefficient (Wildman–Crippen LogP) is 4.98. The van der Waals surface area contributed by atoms with E-state index in [-0.39, 0.29) is 0 Å². The summed E-state index contributed by atoms with van der Waals surface area (Å²) in [6.45, 7) is 2.31. The molecule has 3 unspecified atom stereocenters. The van der Waals surface area contributed by atoms with Crippen LogP contribution in [0.4, 0.5) is 0 Å². The first-order valence-corrected chi connectivity index (χ1v) is 8.71. The minimum Gasteiger partial charge on any atom is -0.327 e. The molecule has 1 fully saturated rings. The fourth-order valence-electron chi connectivity index (χ4n) is 3.18. The Morgan fingerprint density at radius 3 is 2.89 bits per heavy atom. The Morgan fingerprint density at radius 1 is 1.37 bits per heavy atom. The van der Waals surface area contributed by atoms with Crippen LogP contribution in [0, 0.1) is 11.8 Å². The van der Waals surface area contributed by atoms with Crippen molar-refractivity contribution in [1.82, 2.24) is 0 Å². The number of halogens is 1. The second kappa shape index (κ2) is 7.56. The van der Waals surface area contributed by atoms with E-state index in [1.54, 1.807) is 0 Å². The molecule has 2 rings (SSSR count). The zero-order valence-electron chi connectivity index (χ0n) is 11.6. The van der Waals surface area contributed by atoms with Crippen LogP contribution >= 0.6 is 23.4 Å². The van der Waals surface area contributed by atoms with Gasteiger partial charge in [-0.25, -0.2) is 0 Å². The molecule has 0 saturated heterocycles. The van der Waals surface area contributed by atoms with Gasteiger partial charge in [0, 0.05) is 21.7 Å². The van der Waals surface area contributed by atoms with Gasteiger partial charge in [0.15, 0.2) is 0 Å². The van der Waals surface area contributed by atoms with Gasteiger partial charge in [0.05, 0.1) is 0 Å². The zero-order chi connectivity index (χ0) is 13.7. The molecule has 1 aliphatic carbocycles. The third kappa shape index (κ3) is 4.40. The van der Waals surface area contributed by atoms with E-state index < -0.39 is 0 Å². The molecular formula is C16H24ClNS. The number of rotatable bonds is 5. The summed E-state index contributed by atoms with van der Waals surface area (Å²) in [6, 6.07) is 8.37. The van der Waals surface area contributed by atoms with Gasteiger partial charge in [0.2, 0.25) is 0 Å². The second-order valence-electron chi connectivity index (χ2n) is 5.55. The van der Waals surface area contributed by atoms with Crippen molar-refractivity contribution in [2.45, 2.75) is 50.0 Å². The number of hydrogen-bond acceptors (Lipinski definition) is 2. The molecule has 0 aliphatic heterocycles. The van der Waals surface area contributed by atoms with Gasteiger partial charge < -0.3 is 5.73 Å². The number of thioether (sulfide) groups is 1. The summed E-state index contributed by atoms with van der Waals surface area (Å²) in [6.07, 6.45) is 6.71. The van der Waals surface area contributed by atoms with Crippen LogP contribution in [0.3, 0.4) is 0 Å². The summed E-state index contributed by atoms with van der Waals surface area (Å²) in [4.78, 5) is 1.23. The molecule has 3 atom stereocenters. The van der Waals surface area contributed by atoms with Crippen LogP contribution in [0.1, 0.15) is 39.0 Å². The highest BCUT2D eigenvalue weighted by Gasteiger charge is 2.28. The van der Waals surface area contributed by atoms with Crippen LogP contribution in [0.2, 0.25) is 5.02 Å². The molecule has 1 aromatic carbocycles. The van der Waals surface area contributed by atoms with Crippen LogP contribution in [0.25, 0.3) is 0 Å². The molecule has 1 nitrogen and oxygen atoms in total. The Morgan fingerprint density at radius 2 is 2.16 bits per heavy atom. The lowest BCUT2D eigenvalue weighted by atomic mass is 9.75. The molecule has 0 amide bonds. The largest absolute Gasteiger partial charge is 0.327 e. The van der Waals surface area contributed by atoms with E-state index in [4.69, 9.17) is 17.3 Å². The first-order chi connectivity index (χ1) is 9.20. The molecule has 1 saturated carbocycles. The topological polar surface area (TPSA) is 26.0 Å². The van der Waals surface area contributed by atoms with Crippen LogP contribution in [0.15, 0.2) is 29.2 Å². The standard InChI is InChI=1S/C16H24ClNS/c1-2-12-6-3-4-9-15(12)16(18)11-19-14-8-5-7-13(17)10-14/h5,7-8,10,12,15-16H,2-4,6,9,11,18H2,1H3. The summed E-state index contributed by atoms with van der Waals surface area (Å²) in [5.41, 5.74) is 6.45. The minimum atomic E-state index is 0.314. The van der Waals surface area contributed by atoms with Crippen molar-refractivity contribution in [3.8, 4) is 0 Å². The highest BCUT2D eigenvalue weighted by atomic mass is 35.5. The lowest BCUT2D eigenvalue weighted by Gasteiger charge is -2.35. The smallest absolute Gasteiger partial charge is 0.0417 e. The molecule has 1 aromatic rings. The molecule has 1 aliphatic rings. The van der Waals surface area contributed by atoms with E-state index in [0.717, 1.165) is 16.7 Å². The van der Waals surface area contributed by atoms with Gasteiger partial charge in [-0.05, 0) is 36.5 Å². The van der Waals surface area contributed by atoms with Crippen LogP contribution in [-0.4, -0.2) is 11.8 Å². The number of hydrogen-bond donors (Lipinski definition) is 1. The summed E-state index contributed by atoms with van der Waals surface area (Å²) >= 11 is 7.85. The van der Waals surface area contributed by atoms with Gasteiger partial charge in [-0.15, -0.1) is 11.8 Å². The van der Waals surface area contributed by atoms with Crippen molar-refractivity contribution < 1.29 is 0 Å². The maximum Gasteiger partial charge on any atom is 0.0417 e. The second-order valence-corrected chi connectivity index (χ2v) is 7.08. The average Bonchev–Trinajstić information content (AvgIpc) is 2.45. The molecule has 106 valence electrons. The van der Waals surface area contributed by atoms with Crippen molar-refractivity contribution in [3.05, 3.63) is 29.3 Å². The fourth-order valence-corrected chi connectivity index (χ4v) is 4.45. The number of benzene rings is 1. The molecular weight excluding hydrogens is 274 g/mol. The maximum absolute atomic E-state index is 6.45. The quantitative estimate of drug-likeness (QED) is 0.776. The third-order valence-electron chi connectivity index (χ3n) is 4.28. The maximum atomic E-state index is 6.45. The van der Waals surface area contributed by atoms with Gasteiger partial charge >= 0.3 is 0 Å². The third-order valence-corrected chi connectivity index (χ3v) is 5.65. The van der Waals surface area contributed by atoms with Crippen molar-refractivity contribution in [2.75, 3.05) is 5.75 Å². The Labute approximate surface area is 126 Å². The van der Waals surface area contributed by atoms with Crippen LogP contribution in [-0.2, 0) is 0 Å². The van der Waals surface area contributed by atoms with E-state index in [9.17, 15) is 0 Å². The SMILES string of the molecule is CCC1CCCCC1C(N)CSc1cccc(Cl)c1. The molecule has 0 heterocycles. The zero-order valence-corrected chi connectivity index (χ0v) is 13.2. The molecule has 0 aromatic heterocycles. The van der Waals surface area contributed by atoms with Crippen molar-refractivity contribution in [3.63, 3.8) is 0 Å². The van der Waals surface area contributed by atoms with E-state index in [0.29, 0.717) is 12.0 Å². The molecule has 0 bridgehead atoms. The Bertz CT molecular complexity index is 396. The average molecular weight is 298 g/mol. The highest BCUT2D eigenvalue weighted by molar-refractivity contribution is 7.99.